The second-order valence-electron chi connectivity index (χ2n) is 3.75. The predicted molar refractivity (Wildman–Crippen MR) is 72.2 cm³/mol. The molecule has 3 aromatic rings. The third kappa shape index (κ3) is 2.29. The molecule has 0 aliphatic heterocycles. The van der Waals surface area contributed by atoms with Gasteiger partial charge in [0.05, 0.1) is 6.54 Å². The lowest BCUT2D eigenvalue weighted by molar-refractivity contribution is 1.14. The van der Waals surface area contributed by atoms with Gasteiger partial charge in [-0.3, -0.25) is 0 Å². The second kappa shape index (κ2) is 4.55. The molecule has 3 heteroatoms. The number of aromatic nitrogens is 1. The van der Waals surface area contributed by atoms with Crippen molar-refractivity contribution in [3.63, 3.8) is 0 Å². The Balaban J connectivity index is 1.77. The van der Waals surface area contributed by atoms with Crippen molar-refractivity contribution in [2.45, 2.75) is 6.54 Å². The van der Waals surface area contributed by atoms with Gasteiger partial charge in [0.25, 0.3) is 0 Å². The molecule has 83 valence electrons. The molecule has 0 fully saturated rings. The topological polar surface area (TPSA) is 24.9 Å². The maximum atomic E-state index is 4.19. The van der Waals surface area contributed by atoms with E-state index in [4.69, 9.17) is 0 Å². The fourth-order valence-corrected chi connectivity index (χ4v) is 2.73. The van der Waals surface area contributed by atoms with Gasteiger partial charge < -0.3 is 5.32 Å². The summed E-state index contributed by atoms with van der Waals surface area (Å²) >= 11 is 1.82. The molecule has 0 saturated carbocycles. The van der Waals surface area contributed by atoms with E-state index < -0.39 is 0 Å². The Kier molecular flexibility index (Phi) is 2.76. The number of hydrogen-bond acceptors (Lipinski definition) is 3. The number of thiophene rings is 1. The van der Waals surface area contributed by atoms with Gasteiger partial charge in [0.2, 0.25) is 0 Å². The van der Waals surface area contributed by atoms with E-state index in [2.05, 4.69) is 46.7 Å². The van der Waals surface area contributed by atoms with Crippen LogP contribution in [0.15, 0.2) is 48.7 Å². The average molecular weight is 239 g/mol. The van der Waals surface area contributed by atoms with Crippen LogP contribution in [0, 0.1) is 6.07 Å². The van der Waals surface area contributed by atoms with Gasteiger partial charge in [-0.25, -0.2) is 4.98 Å². The van der Waals surface area contributed by atoms with E-state index >= 15 is 0 Å². The molecule has 2 nitrogen and oxygen atoms in total. The van der Waals surface area contributed by atoms with E-state index in [-0.39, 0.29) is 0 Å². The minimum Gasteiger partial charge on any atom is -0.365 e. The number of pyridine rings is 1. The highest BCUT2D eigenvalue weighted by Gasteiger charge is 2.00. The number of anilines is 1. The van der Waals surface area contributed by atoms with Crippen molar-refractivity contribution >= 4 is 27.2 Å². The number of hydrogen-bond donors (Lipinski definition) is 1. The van der Waals surface area contributed by atoms with Crippen molar-refractivity contribution in [1.29, 1.82) is 0 Å². The zero-order chi connectivity index (χ0) is 11.5. The SMILES string of the molecule is [c]1ccc(NCc2cc3ccccc3s2)nc1. The van der Waals surface area contributed by atoms with Crippen LogP contribution >= 0.6 is 11.3 Å². The first-order valence-corrected chi connectivity index (χ1v) is 6.27. The maximum Gasteiger partial charge on any atom is 0.126 e. The van der Waals surface area contributed by atoms with E-state index in [9.17, 15) is 0 Å². The summed E-state index contributed by atoms with van der Waals surface area (Å²) in [6.07, 6.45) is 1.67. The quantitative estimate of drug-likeness (QED) is 0.753. The van der Waals surface area contributed by atoms with Crippen LogP contribution in [0.1, 0.15) is 4.88 Å². The maximum absolute atomic E-state index is 4.19. The number of nitrogens with zero attached hydrogens (tertiary/aromatic N) is 1. The molecular weight excluding hydrogens is 228 g/mol. The van der Waals surface area contributed by atoms with Gasteiger partial charge in [0.1, 0.15) is 5.82 Å². The van der Waals surface area contributed by atoms with Crippen LogP contribution in [0.25, 0.3) is 10.1 Å². The summed E-state index contributed by atoms with van der Waals surface area (Å²) in [5, 5.41) is 4.61. The lowest BCUT2D eigenvalue weighted by Gasteiger charge is -2.01. The molecule has 0 amide bonds. The van der Waals surface area contributed by atoms with Crippen LogP contribution in [0.4, 0.5) is 5.82 Å². The number of benzene rings is 1. The molecule has 3 rings (SSSR count). The zero-order valence-electron chi connectivity index (χ0n) is 9.18. The Bertz CT molecular complexity index is 583. The van der Waals surface area contributed by atoms with Gasteiger partial charge in [-0.2, -0.15) is 0 Å². The highest BCUT2D eigenvalue weighted by atomic mass is 32.1. The number of nitrogens with one attached hydrogen (secondary N) is 1. The highest BCUT2D eigenvalue weighted by molar-refractivity contribution is 7.19. The van der Waals surface area contributed by atoms with E-state index in [0.29, 0.717) is 0 Å². The van der Waals surface area contributed by atoms with Crippen molar-refractivity contribution in [2.75, 3.05) is 5.32 Å². The Morgan fingerprint density at radius 2 is 2.18 bits per heavy atom. The lowest BCUT2D eigenvalue weighted by Crippen LogP contribution is -1.98. The summed E-state index contributed by atoms with van der Waals surface area (Å²) in [6.45, 7) is 0.816. The third-order valence-corrected chi connectivity index (χ3v) is 3.65. The fraction of sp³-hybridized carbons (Fsp3) is 0.0714. The molecule has 17 heavy (non-hydrogen) atoms. The Hall–Kier alpha value is -1.87. The monoisotopic (exact) mass is 239 g/mol. The molecule has 0 unspecified atom stereocenters. The third-order valence-electron chi connectivity index (χ3n) is 2.54. The van der Waals surface area contributed by atoms with Gasteiger partial charge in [-0.1, -0.05) is 18.2 Å². The van der Waals surface area contributed by atoms with E-state index in [0.717, 1.165) is 12.4 Å². The van der Waals surface area contributed by atoms with E-state index in [1.54, 1.807) is 6.20 Å². The molecule has 2 heterocycles. The molecule has 0 aliphatic rings. The molecule has 0 saturated heterocycles. The summed E-state index contributed by atoms with van der Waals surface area (Å²) in [6, 6.07) is 17.4. The first kappa shape index (κ1) is 10.3. The Morgan fingerprint density at radius 1 is 1.24 bits per heavy atom. The van der Waals surface area contributed by atoms with Gasteiger partial charge in [-0.15, -0.1) is 11.3 Å². The van der Waals surface area contributed by atoms with Crippen molar-refractivity contribution in [2.24, 2.45) is 0 Å². The lowest BCUT2D eigenvalue weighted by atomic mass is 10.2. The fourth-order valence-electron chi connectivity index (χ4n) is 1.73. The van der Waals surface area contributed by atoms with Crippen molar-refractivity contribution < 1.29 is 0 Å². The first-order valence-electron chi connectivity index (χ1n) is 5.45. The molecule has 1 radical (unpaired) electrons. The molecule has 1 N–H and O–H groups in total. The standard InChI is InChI=1S/C14H11N2S/c1-2-6-13-11(5-1)9-12(17-13)10-16-14-7-3-4-8-15-14/h1-3,5-9H,10H2,(H,15,16). The normalized spacial score (nSPS) is 10.6. The second-order valence-corrected chi connectivity index (χ2v) is 4.92. The minimum absolute atomic E-state index is 0.816. The first-order chi connectivity index (χ1) is 8.42. The molecule has 0 bridgehead atoms. The van der Waals surface area contributed by atoms with Crippen LogP contribution in [-0.2, 0) is 6.54 Å². The van der Waals surface area contributed by atoms with Crippen molar-refractivity contribution in [1.82, 2.24) is 4.98 Å². The average Bonchev–Trinajstić information content (AvgIpc) is 2.80. The summed E-state index contributed by atoms with van der Waals surface area (Å²) in [4.78, 5) is 5.51. The highest BCUT2D eigenvalue weighted by Crippen LogP contribution is 2.25. The smallest absolute Gasteiger partial charge is 0.126 e. The molecule has 2 aromatic heterocycles. The largest absolute Gasteiger partial charge is 0.365 e. The van der Waals surface area contributed by atoms with Crippen LogP contribution in [0.2, 0.25) is 0 Å². The van der Waals surface area contributed by atoms with Gasteiger partial charge in [0, 0.05) is 21.8 Å². The Labute approximate surface area is 104 Å². The van der Waals surface area contributed by atoms with E-state index in [1.165, 1.54) is 15.0 Å². The van der Waals surface area contributed by atoms with E-state index in [1.807, 2.05) is 23.5 Å². The molecule has 1 aromatic carbocycles. The van der Waals surface area contributed by atoms with Crippen molar-refractivity contribution in [3.8, 4) is 0 Å². The number of fused-ring (bicyclic) bond motifs is 1. The molecule has 0 spiro atoms. The molecule has 0 aliphatic carbocycles. The van der Waals surface area contributed by atoms with Crippen LogP contribution in [-0.4, -0.2) is 4.98 Å². The minimum atomic E-state index is 0.816. The summed E-state index contributed by atoms with van der Waals surface area (Å²) in [5.74, 6) is 0.890. The van der Waals surface area contributed by atoms with Gasteiger partial charge in [-0.05, 0) is 29.7 Å². The Morgan fingerprint density at radius 3 is 3.00 bits per heavy atom. The summed E-state index contributed by atoms with van der Waals surface area (Å²) in [5.41, 5.74) is 0. The van der Waals surface area contributed by atoms with Crippen LogP contribution in [0.5, 0.6) is 0 Å². The van der Waals surface area contributed by atoms with Gasteiger partial charge >= 0.3 is 0 Å². The van der Waals surface area contributed by atoms with Crippen LogP contribution in [0.3, 0.4) is 0 Å². The zero-order valence-corrected chi connectivity index (χ0v) is 10.00. The summed E-state index contributed by atoms with van der Waals surface area (Å²) < 4.78 is 1.33. The molecule has 0 atom stereocenters. The summed E-state index contributed by atoms with van der Waals surface area (Å²) in [7, 11) is 0. The van der Waals surface area contributed by atoms with Crippen molar-refractivity contribution in [3.05, 3.63) is 59.6 Å². The van der Waals surface area contributed by atoms with Gasteiger partial charge in [0.15, 0.2) is 0 Å². The number of rotatable bonds is 3. The van der Waals surface area contributed by atoms with Crippen LogP contribution < -0.4 is 5.32 Å². The predicted octanol–water partition coefficient (Wildman–Crippen LogP) is 3.71. The molecular formula is C14H11N2S.